The topological polar surface area (TPSA) is 196 Å². The fourth-order valence-electron chi connectivity index (χ4n) is 2.84. The summed E-state index contributed by atoms with van der Waals surface area (Å²) in [4.78, 5) is 55.0. The van der Waals surface area contributed by atoms with E-state index in [0.717, 1.165) is 12.1 Å². The lowest BCUT2D eigenvalue weighted by Gasteiger charge is -2.06. The van der Waals surface area contributed by atoms with Crippen molar-refractivity contribution in [3.8, 4) is 22.6 Å². The smallest absolute Gasteiger partial charge is 0.449 e. The zero-order chi connectivity index (χ0) is 20.7. The van der Waals surface area contributed by atoms with Crippen LogP contribution in [0.1, 0.15) is 15.9 Å². The third-order valence-electron chi connectivity index (χ3n) is 3.73. The van der Waals surface area contributed by atoms with E-state index >= 15 is 0 Å². The number of carboxylic acid groups (broad SMARTS) is 2. The van der Waals surface area contributed by atoms with Crippen molar-refractivity contribution in [1.82, 2.24) is 0 Å². The Morgan fingerprint density at radius 2 is 1.14 bits per heavy atom. The highest BCUT2D eigenvalue weighted by atomic mass is 16.7. The van der Waals surface area contributed by atoms with E-state index < -0.39 is 73.1 Å². The first kappa shape index (κ1) is 18.2. The van der Waals surface area contributed by atoms with Crippen LogP contribution in [0.25, 0.3) is 11.1 Å². The summed E-state index contributed by atoms with van der Waals surface area (Å²) in [5, 5.41) is 40.2. The Hall–Kier alpha value is -4.55. The predicted molar refractivity (Wildman–Crippen MR) is 85.9 cm³/mol. The monoisotopic (exact) mass is 390 g/mol. The first-order valence-electron chi connectivity index (χ1n) is 7.11. The van der Waals surface area contributed by atoms with Crippen molar-refractivity contribution in [1.29, 1.82) is 0 Å². The Morgan fingerprint density at radius 3 is 1.43 bits per heavy atom. The van der Waals surface area contributed by atoms with Crippen molar-refractivity contribution in [2.24, 2.45) is 0 Å². The predicted octanol–water partition coefficient (Wildman–Crippen LogP) is 2.83. The number of carbonyl (C=O) groups is 3. The fraction of sp³-hybridized carbons (Fsp3) is 0. The average molecular weight is 390 g/mol. The number of ether oxygens (including phenoxy) is 2. The molecule has 0 heterocycles. The highest BCUT2D eigenvalue weighted by Crippen LogP contribution is 2.49. The lowest BCUT2D eigenvalue weighted by molar-refractivity contribution is -0.386. The van der Waals surface area contributed by atoms with Crippen molar-refractivity contribution in [2.45, 2.75) is 0 Å². The molecule has 1 aliphatic rings. The van der Waals surface area contributed by atoms with Gasteiger partial charge in [0.05, 0.1) is 33.1 Å². The molecule has 3 rings (SSSR count). The number of nitro groups is 2. The molecule has 0 fully saturated rings. The molecule has 0 saturated carbocycles. The van der Waals surface area contributed by atoms with E-state index in [2.05, 4.69) is 9.47 Å². The zero-order valence-electron chi connectivity index (χ0n) is 13.3. The van der Waals surface area contributed by atoms with Gasteiger partial charge < -0.3 is 19.7 Å². The van der Waals surface area contributed by atoms with Crippen molar-refractivity contribution in [2.75, 3.05) is 0 Å². The molecule has 0 saturated heterocycles. The number of hydrogen-bond acceptors (Lipinski definition) is 9. The molecule has 0 aromatic heterocycles. The third kappa shape index (κ3) is 2.92. The molecule has 0 amide bonds. The molecule has 0 radical (unpaired) electrons. The lowest BCUT2D eigenvalue weighted by atomic mass is 10.0. The van der Waals surface area contributed by atoms with Gasteiger partial charge in [-0.1, -0.05) is 0 Å². The second kappa shape index (κ2) is 6.31. The fourth-order valence-corrected chi connectivity index (χ4v) is 2.84. The summed E-state index contributed by atoms with van der Waals surface area (Å²) >= 11 is 0. The molecule has 0 atom stereocenters. The minimum Gasteiger partial charge on any atom is -0.449 e. The summed E-state index contributed by atoms with van der Waals surface area (Å²) in [5.41, 5.74) is -3.22. The number of rotatable bonds is 4. The summed E-state index contributed by atoms with van der Waals surface area (Å²) < 4.78 is 8.71. The molecule has 2 N–H and O–H groups in total. The normalized spacial score (nSPS) is 11.4. The van der Waals surface area contributed by atoms with Crippen molar-refractivity contribution in [3.05, 3.63) is 55.6 Å². The molecule has 1 aliphatic carbocycles. The summed E-state index contributed by atoms with van der Waals surface area (Å²) in [6.45, 7) is 0. The second-order valence-electron chi connectivity index (χ2n) is 5.31. The van der Waals surface area contributed by atoms with E-state index in [9.17, 15) is 34.6 Å². The number of ketones is 1. The third-order valence-corrected chi connectivity index (χ3v) is 3.73. The maximum absolute atomic E-state index is 12.7. The number of nitrogens with zero attached hydrogens (tertiary/aromatic N) is 2. The summed E-state index contributed by atoms with van der Waals surface area (Å²) in [5.74, 6) is -2.00. The summed E-state index contributed by atoms with van der Waals surface area (Å²) in [6, 6.07) is 3.20. The Kier molecular flexibility index (Phi) is 4.11. The van der Waals surface area contributed by atoms with Gasteiger partial charge in [0.1, 0.15) is 11.5 Å². The van der Waals surface area contributed by atoms with Gasteiger partial charge in [0.25, 0.3) is 11.4 Å². The second-order valence-corrected chi connectivity index (χ2v) is 5.31. The van der Waals surface area contributed by atoms with Crippen LogP contribution in [0.15, 0.2) is 24.3 Å². The van der Waals surface area contributed by atoms with Crippen LogP contribution >= 0.6 is 0 Å². The molecular formula is C15H6N2O11. The summed E-state index contributed by atoms with van der Waals surface area (Å²) in [7, 11) is 0. The Balaban J connectivity index is 2.35. The molecule has 13 nitrogen and oxygen atoms in total. The minimum atomic E-state index is -1.79. The van der Waals surface area contributed by atoms with Crippen LogP contribution in [0.3, 0.4) is 0 Å². The number of carbonyl (C=O) groups excluding carboxylic acids is 1. The molecule has 142 valence electrons. The van der Waals surface area contributed by atoms with E-state index in [1.165, 1.54) is 0 Å². The summed E-state index contributed by atoms with van der Waals surface area (Å²) in [6.07, 6.45) is -3.58. The number of fused-ring (bicyclic) bond motifs is 3. The molecule has 0 bridgehead atoms. The van der Waals surface area contributed by atoms with Crippen LogP contribution in [0.4, 0.5) is 21.0 Å². The van der Waals surface area contributed by atoms with Gasteiger partial charge in [-0.15, -0.1) is 0 Å². The standard InChI is InChI=1S/C15H6N2O11/c18-13-7-1-5(27-14(19)20)3-9(16(23)24)11(7)12-8(13)2-6(28-15(21)22)4-10(12)17(25)26/h1-4H,(H,19,20)(H,21,22). The van der Waals surface area contributed by atoms with Crippen LogP contribution < -0.4 is 9.47 Å². The van der Waals surface area contributed by atoms with E-state index in [0.29, 0.717) is 12.1 Å². The van der Waals surface area contributed by atoms with Crippen molar-refractivity contribution >= 4 is 29.5 Å². The van der Waals surface area contributed by atoms with Crippen LogP contribution in [-0.4, -0.2) is 38.2 Å². The first-order chi connectivity index (χ1) is 13.1. The maximum atomic E-state index is 12.7. The van der Waals surface area contributed by atoms with Gasteiger partial charge >= 0.3 is 12.3 Å². The molecule has 2 aromatic rings. The number of benzene rings is 2. The molecule has 13 heteroatoms. The number of nitro benzene ring substituents is 2. The SMILES string of the molecule is O=C(O)Oc1cc2c(c([N+](=O)[O-])c1)-c1c(cc(OC(=O)O)cc1[N+](=O)[O-])C2=O. The number of hydrogen-bond donors (Lipinski definition) is 2. The Bertz CT molecular complexity index is 1020. The molecule has 0 spiro atoms. The van der Waals surface area contributed by atoms with Gasteiger partial charge in [-0.2, -0.15) is 0 Å². The largest absolute Gasteiger partial charge is 0.511 e. The minimum absolute atomic E-state index is 0.406. The zero-order valence-corrected chi connectivity index (χ0v) is 13.3. The van der Waals surface area contributed by atoms with Gasteiger partial charge in [-0.05, 0) is 12.1 Å². The van der Waals surface area contributed by atoms with Crippen LogP contribution in [0.5, 0.6) is 11.5 Å². The van der Waals surface area contributed by atoms with Gasteiger partial charge in [-0.25, -0.2) is 9.59 Å². The highest BCUT2D eigenvalue weighted by Gasteiger charge is 2.40. The van der Waals surface area contributed by atoms with Gasteiger partial charge in [0.15, 0.2) is 5.78 Å². The van der Waals surface area contributed by atoms with Crippen molar-refractivity contribution in [3.63, 3.8) is 0 Å². The van der Waals surface area contributed by atoms with Crippen LogP contribution in [0, 0.1) is 20.2 Å². The van der Waals surface area contributed by atoms with E-state index in [4.69, 9.17) is 10.2 Å². The Morgan fingerprint density at radius 1 is 0.786 bits per heavy atom. The van der Waals surface area contributed by atoms with Gasteiger partial charge in [-0.3, -0.25) is 25.0 Å². The average Bonchev–Trinajstić information content (AvgIpc) is 2.85. The molecule has 28 heavy (non-hydrogen) atoms. The van der Waals surface area contributed by atoms with Crippen LogP contribution in [-0.2, 0) is 0 Å². The van der Waals surface area contributed by atoms with E-state index in [1.807, 2.05) is 0 Å². The highest BCUT2D eigenvalue weighted by molar-refractivity contribution is 6.25. The van der Waals surface area contributed by atoms with E-state index in [-0.39, 0.29) is 0 Å². The van der Waals surface area contributed by atoms with Crippen molar-refractivity contribution < 1.29 is 43.9 Å². The van der Waals surface area contributed by atoms with Crippen LogP contribution in [0.2, 0.25) is 0 Å². The maximum Gasteiger partial charge on any atom is 0.511 e. The lowest BCUT2D eigenvalue weighted by Crippen LogP contribution is -2.05. The Labute approximate surface area is 152 Å². The molecular weight excluding hydrogens is 384 g/mol. The van der Waals surface area contributed by atoms with Gasteiger partial charge in [0.2, 0.25) is 0 Å². The molecule has 0 aliphatic heterocycles. The molecule has 0 unspecified atom stereocenters. The van der Waals surface area contributed by atoms with Gasteiger partial charge in [0, 0.05) is 11.1 Å². The molecule has 2 aromatic carbocycles. The first-order valence-corrected chi connectivity index (χ1v) is 7.11. The quantitative estimate of drug-likeness (QED) is 0.287. The van der Waals surface area contributed by atoms with E-state index in [1.54, 1.807) is 0 Å².